The molecule has 0 unspecified atom stereocenters. The topological polar surface area (TPSA) is 9.23 Å². The Kier molecular flexibility index (Phi) is 9.44. The summed E-state index contributed by atoms with van der Waals surface area (Å²) in [6.45, 7) is 6.07. The van der Waals surface area contributed by atoms with Crippen molar-refractivity contribution >= 4 is 0 Å². The normalized spacial score (nSPS) is 11.1. The van der Waals surface area contributed by atoms with Gasteiger partial charge in [0.25, 0.3) is 0 Å². The van der Waals surface area contributed by atoms with Crippen molar-refractivity contribution in [3.05, 3.63) is 12.2 Å². The van der Waals surface area contributed by atoms with Gasteiger partial charge in [0, 0.05) is 6.61 Å². The second-order valence-corrected chi connectivity index (χ2v) is 2.68. The Morgan fingerprint density at radius 3 is 2.64 bits per heavy atom. The molecule has 0 fully saturated rings. The van der Waals surface area contributed by atoms with Gasteiger partial charge < -0.3 is 4.74 Å². The molecule has 0 aliphatic heterocycles. The first-order valence-electron chi connectivity index (χ1n) is 4.60. The second kappa shape index (κ2) is 9.70. The number of unbranched alkanes of at least 4 members (excludes halogenated alkanes) is 2. The molecular weight excluding hydrogens is 136 g/mol. The molecule has 1 heteroatoms. The molecule has 0 atom stereocenters. The minimum Gasteiger partial charge on any atom is -0.381 e. The maximum absolute atomic E-state index is 5.39. The van der Waals surface area contributed by atoms with Crippen molar-refractivity contribution in [3.63, 3.8) is 0 Å². The first-order chi connectivity index (χ1) is 5.41. The molecule has 66 valence electrons. The lowest BCUT2D eigenvalue weighted by Crippen LogP contribution is -1.95. The van der Waals surface area contributed by atoms with Crippen molar-refractivity contribution in [1.82, 2.24) is 0 Å². The zero-order valence-electron chi connectivity index (χ0n) is 7.81. The molecular formula is C10H20O. The molecule has 0 aliphatic carbocycles. The number of ether oxygens (including phenoxy) is 1. The molecule has 0 aromatic rings. The van der Waals surface area contributed by atoms with Crippen LogP contribution in [0.1, 0.15) is 39.5 Å². The zero-order valence-corrected chi connectivity index (χ0v) is 7.81. The highest BCUT2D eigenvalue weighted by Crippen LogP contribution is 1.94. The summed E-state index contributed by atoms with van der Waals surface area (Å²) in [6, 6.07) is 0. The van der Waals surface area contributed by atoms with Gasteiger partial charge in [-0.15, -0.1) is 0 Å². The van der Waals surface area contributed by atoms with E-state index in [2.05, 4.69) is 19.1 Å². The average molecular weight is 156 g/mol. The molecule has 1 nitrogen and oxygen atoms in total. The van der Waals surface area contributed by atoms with Crippen LogP contribution in [0.4, 0.5) is 0 Å². The predicted molar refractivity (Wildman–Crippen MR) is 49.8 cm³/mol. The highest BCUT2D eigenvalue weighted by molar-refractivity contribution is 4.75. The van der Waals surface area contributed by atoms with Gasteiger partial charge in [0.1, 0.15) is 0 Å². The maximum Gasteiger partial charge on any atom is 0.0500 e. The van der Waals surface area contributed by atoms with Crippen LogP contribution < -0.4 is 0 Å². The highest BCUT2D eigenvalue weighted by Gasteiger charge is 1.85. The lowest BCUT2D eigenvalue weighted by molar-refractivity contribution is 0.134. The van der Waals surface area contributed by atoms with Gasteiger partial charge in [-0.1, -0.05) is 31.9 Å². The second-order valence-electron chi connectivity index (χ2n) is 2.68. The third kappa shape index (κ3) is 9.70. The van der Waals surface area contributed by atoms with Crippen LogP contribution in [0.25, 0.3) is 0 Å². The fourth-order valence-corrected chi connectivity index (χ4v) is 0.874. The van der Waals surface area contributed by atoms with E-state index < -0.39 is 0 Å². The Labute approximate surface area is 70.4 Å². The van der Waals surface area contributed by atoms with Gasteiger partial charge in [-0.05, 0) is 19.8 Å². The van der Waals surface area contributed by atoms with Gasteiger partial charge in [-0.3, -0.25) is 0 Å². The summed E-state index contributed by atoms with van der Waals surface area (Å²) in [5.74, 6) is 0. The summed E-state index contributed by atoms with van der Waals surface area (Å²) in [7, 11) is 0. The average Bonchev–Trinajstić information content (AvgIpc) is 2.03. The predicted octanol–water partition coefficient (Wildman–Crippen LogP) is 3.16. The standard InChI is InChI=1S/C10H20O/c1-3-5-7-9-11-10-8-6-4-2/h3,5H,4,6-10H2,1-2H3/b5-3+. The molecule has 11 heavy (non-hydrogen) atoms. The van der Waals surface area contributed by atoms with E-state index in [-0.39, 0.29) is 0 Å². The van der Waals surface area contributed by atoms with Crippen molar-refractivity contribution in [1.29, 1.82) is 0 Å². The van der Waals surface area contributed by atoms with Crippen LogP contribution in [0.3, 0.4) is 0 Å². The molecule has 0 saturated heterocycles. The SMILES string of the molecule is C/C=C/CCOCCCCC. The zero-order chi connectivity index (χ0) is 8.36. The van der Waals surface area contributed by atoms with Crippen LogP contribution in [0.5, 0.6) is 0 Å². The number of allylic oxidation sites excluding steroid dienone is 1. The molecule has 0 spiro atoms. The summed E-state index contributed by atoms with van der Waals surface area (Å²) in [4.78, 5) is 0. The third-order valence-corrected chi connectivity index (χ3v) is 1.56. The van der Waals surface area contributed by atoms with E-state index in [9.17, 15) is 0 Å². The Hall–Kier alpha value is -0.300. The van der Waals surface area contributed by atoms with Crippen LogP contribution in [0, 0.1) is 0 Å². The van der Waals surface area contributed by atoms with E-state index in [1.54, 1.807) is 0 Å². The van der Waals surface area contributed by atoms with Gasteiger partial charge in [-0.2, -0.15) is 0 Å². The minimum atomic E-state index is 0.883. The molecule has 0 amide bonds. The van der Waals surface area contributed by atoms with Gasteiger partial charge in [0.05, 0.1) is 6.61 Å². The summed E-state index contributed by atoms with van der Waals surface area (Å²) >= 11 is 0. The van der Waals surface area contributed by atoms with Crippen LogP contribution in [-0.4, -0.2) is 13.2 Å². The largest absolute Gasteiger partial charge is 0.381 e. The van der Waals surface area contributed by atoms with Gasteiger partial charge in [0.15, 0.2) is 0 Å². The fourth-order valence-electron chi connectivity index (χ4n) is 0.874. The van der Waals surface area contributed by atoms with E-state index in [0.717, 1.165) is 19.6 Å². The Morgan fingerprint density at radius 2 is 2.00 bits per heavy atom. The van der Waals surface area contributed by atoms with E-state index in [0.29, 0.717) is 0 Å². The smallest absolute Gasteiger partial charge is 0.0500 e. The summed E-state index contributed by atoms with van der Waals surface area (Å²) < 4.78 is 5.39. The van der Waals surface area contributed by atoms with E-state index in [1.807, 2.05) is 6.92 Å². The van der Waals surface area contributed by atoms with Crippen molar-refractivity contribution < 1.29 is 4.74 Å². The maximum atomic E-state index is 5.39. The van der Waals surface area contributed by atoms with E-state index in [4.69, 9.17) is 4.74 Å². The van der Waals surface area contributed by atoms with Gasteiger partial charge in [-0.25, -0.2) is 0 Å². The summed E-state index contributed by atoms with van der Waals surface area (Å²) in [6.07, 6.45) is 9.05. The van der Waals surface area contributed by atoms with Crippen LogP contribution in [0.2, 0.25) is 0 Å². The lowest BCUT2D eigenvalue weighted by Gasteiger charge is -2.00. The molecule has 0 aromatic heterocycles. The van der Waals surface area contributed by atoms with Crippen LogP contribution in [-0.2, 0) is 4.74 Å². The molecule has 0 N–H and O–H groups in total. The molecule has 0 saturated carbocycles. The fraction of sp³-hybridized carbons (Fsp3) is 0.800. The Morgan fingerprint density at radius 1 is 1.18 bits per heavy atom. The Balaban J connectivity index is 2.79. The molecule has 0 radical (unpaired) electrons. The summed E-state index contributed by atoms with van der Waals surface area (Å²) in [5, 5.41) is 0. The number of rotatable bonds is 7. The van der Waals surface area contributed by atoms with Crippen molar-refractivity contribution in [2.75, 3.05) is 13.2 Å². The first-order valence-corrected chi connectivity index (χ1v) is 4.60. The van der Waals surface area contributed by atoms with Crippen LogP contribution >= 0.6 is 0 Å². The minimum absolute atomic E-state index is 0.883. The third-order valence-electron chi connectivity index (χ3n) is 1.56. The lowest BCUT2D eigenvalue weighted by atomic mass is 10.3. The molecule has 0 bridgehead atoms. The van der Waals surface area contributed by atoms with Crippen molar-refractivity contribution in [2.24, 2.45) is 0 Å². The molecule has 0 aromatic carbocycles. The quantitative estimate of drug-likeness (QED) is 0.406. The highest BCUT2D eigenvalue weighted by atomic mass is 16.5. The Bertz CT molecular complexity index is 86.9. The van der Waals surface area contributed by atoms with Gasteiger partial charge in [0.2, 0.25) is 0 Å². The van der Waals surface area contributed by atoms with E-state index >= 15 is 0 Å². The van der Waals surface area contributed by atoms with Crippen LogP contribution in [0.15, 0.2) is 12.2 Å². The van der Waals surface area contributed by atoms with Crippen molar-refractivity contribution in [2.45, 2.75) is 39.5 Å². The monoisotopic (exact) mass is 156 g/mol. The van der Waals surface area contributed by atoms with Gasteiger partial charge >= 0.3 is 0 Å². The molecule has 0 aliphatic rings. The van der Waals surface area contributed by atoms with E-state index in [1.165, 1.54) is 19.3 Å². The first kappa shape index (κ1) is 10.7. The number of hydrogen-bond acceptors (Lipinski definition) is 1. The summed E-state index contributed by atoms with van der Waals surface area (Å²) in [5.41, 5.74) is 0. The van der Waals surface area contributed by atoms with Crippen molar-refractivity contribution in [3.8, 4) is 0 Å². The molecule has 0 rings (SSSR count). The number of hydrogen-bond donors (Lipinski definition) is 0. The molecule has 0 heterocycles.